The Morgan fingerprint density at radius 1 is 1.09 bits per heavy atom. The fraction of sp³-hybridized carbons (Fsp3) is 0.0870. The largest absolute Gasteiger partial charge is 0.416 e. The van der Waals surface area contributed by atoms with Crippen molar-refractivity contribution in [2.45, 2.75) is 13.1 Å². The number of anilines is 1. The first-order valence-electron chi connectivity index (χ1n) is 10.0. The molecule has 170 valence electrons. The first-order chi connectivity index (χ1) is 16.3. The van der Waals surface area contributed by atoms with Crippen LogP contribution in [-0.4, -0.2) is 30.8 Å². The molecule has 0 radical (unpaired) electrons. The van der Waals surface area contributed by atoms with Crippen molar-refractivity contribution in [3.8, 4) is 16.9 Å². The lowest BCUT2D eigenvalue weighted by molar-refractivity contribution is -0.137. The van der Waals surface area contributed by atoms with Crippen LogP contribution in [0.4, 0.5) is 18.9 Å². The highest BCUT2D eigenvalue weighted by atomic mass is 19.4. The molecule has 5 aromatic rings. The number of alkyl halides is 3. The molecule has 0 aliphatic rings. The molecule has 34 heavy (non-hydrogen) atoms. The minimum absolute atomic E-state index is 0.0920. The summed E-state index contributed by atoms with van der Waals surface area (Å²) in [5.41, 5.74) is 1.12. The average molecular weight is 464 g/mol. The van der Waals surface area contributed by atoms with Crippen LogP contribution >= 0.6 is 0 Å². The number of aryl methyl sites for hydroxylation is 1. The van der Waals surface area contributed by atoms with Gasteiger partial charge in [-0.25, -0.2) is 14.6 Å². The third kappa shape index (κ3) is 3.87. The Kier molecular flexibility index (Phi) is 5.08. The predicted molar refractivity (Wildman–Crippen MR) is 116 cm³/mol. The molecule has 0 fully saturated rings. The number of amides is 1. The maximum Gasteiger partial charge on any atom is 0.416 e. The van der Waals surface area contributed by atoms with E-state index in [2.05, 4.69) is 25.5 Å². The lowest BCUT2D eigenvalue weighted by Gasteiger charge is -2.15. The molecular formula is C23H15F3N6O2. The lowest BCUT2D eigenvalue weighted by Crippen LogP contribution is -2.16. The van der Waals surface area contributed by atoms with Gasteiger partial charge in [0.1, 0.15) is 12.7 Å². The molecule has 3 heterocycles. The molecule has 1 amide bonds. The van der Waals surface area contributed by atoms with Crippen LogP contribution < -0.4 is 5.32 Å². The summed E-state index contributed by atoms with van der Waals surface area (Å²) in [5.74, 6) is -0.656. The molecule has 8 nitrogen and oxygen atoms in total. The van der Waals surface area contributed by atoms with E-state index in [1.165, 1.54) is 23.4 Å². The summed E-state index contributed by atoms with van der Waals surface area (Å²) in [6, 6.07) is 13.6. The predicted octanol–water partition coefficient (Wildman–Crippen LogP) is 5.05. The van der Waals surface area contributed by atoms with E-state index < -0.39 is 17.6 Å². The molecule has 0 atom stereocenters. The fourth-order valence-electron chi connectivity index (χ4n) is 3.57. The number of fused-ring (bicyclic) bond motifs is 1. The maximum absolute atomic E-state index is 13.4. The van der Waals surface area contributed by atoms with Crippen LogP contribution in [0.3, 0.4) is 0 Å². The number of rotatable bonds is 4. The summed E-state index contributed by atoms with van der Waals surface area (Å²) in [6.45, 7) is 1.65. The van der Waals surface area contributed by atoms with Gasteiger partial charge in [-0.15, -0.1) is 0 Å². The van der Waals surface area contributed by atoms with Crippen LogP contribution in [0, 0.1) is 6.92 Å². The van der Waals surface area contributed by atoms with Crippen molar-refractivity contribution in [2.75, 3.05) is 5.32 Å². The van der Waals surface area contributed by atoms with Gasteiger partial charge in [-0.3, -0.25) is 4.79 Å². The smallest absolute Gasteiger partial charge is 0.335 e. The number of nitrogens with zero attached hydrogens (tertiary/aromatic N) is 5. The molecule has 0 bridgehead atoms. The highest BCUT2D eigenvalue weighted by Crippen LogP contribution is 2.34. The molecule has 0 saturated carbocycles. The Hall–Kier alpha value is -4.54. The van der Waals surface area contributed by atoms with Crippen LogP contribution in [-0.2, 0) is 6.18 Å². The van der Waals surface area contributed by atoms with Gasteiger partial charge in [0.2, 0.25) is 0 Å². The Labute approximate surface area is 190 Å². The van der Waals surface area contributed by atoms with Gasteiger partial charge in [0, 0.05) is 5.56 Å². The molecule has 0 unspecified atom stereocenters. The quantitative estimate of drug-likeness (QED) is 0.400. The van der Waals surface area contributed by atoms with Crippen molar-refractivity contribution in [3.05, 3.63) is 84.1 Å². The SMILES string of the molecule is Cc1noc2nc(-c3ccccc3)cc(C(=O)Nc3cc(C(F)(F)F)ccc3-n3cncn3)c12. The van der Waals surface area contributed by atoms with Gasteiger partial charge in [0.15, 0.2) is 0 Å². The van der Waals surface area contributed by atoms with Gasteiger partial charge >= 0.3 is 6.18 Å². The third-order valence-electron chi connectivity index (χ3n) is 5.17. The molecule has 0 aliphatic heterocycles. The van der Waals surface area contributed by atoms with Crippen molar-refractivity contribution >= 4 is 22.7 Å². The maximum atomic E-state index is 13.4. The number of aromatic nitrogens is 5. The Morgan fingerprint density at radius 2 is 1.88 bits per heavy atom. The Morgan fingerprint density at radius 3 is 2.59 bits per heavy atom. The summed E-state index contributed by atoms with van der Waals surface area (Å²) in [4.78, 5) is 21.7. The summed E-state index contributed by atoms with van der Waals surface area (Å²) < 4.78 is 46.7. The standard InChI is InChI=1S/C23H15F3N6O2/c1-13-20-16(10-17(30-22(20)34-31-13)14-5-3-2-4-6-14)21(33)29-18-9-15(23(24,25)26)7-8-19(18)32-12-27-11-28-32/h2-12H,1H3,(H,29,33). The topological polar surface area (TPSA) is 98.7 Å². The second-order valence-electron chi connectivity index (χ2n) is 7.39. The average Bonchev–Trinajstić information content (AvgIpc) is 3.49. The summed E-state index contributed by atoms with van der Waals surface area (Å²) >= 11 is 0. The van der Waals surface area contributed by atoms with Gasteiger partial charge in [-0.2, -0.15) is 18.3 Å². The van der Waals surface area contributed by atoms with Gasteiger partial charge in [-0.05, 0) is 31.2 Å². The van der Waals surface area contributed by atoms with E-state index in [1.807, 2.05) is 30.3 Å². The monoisotopic (exact) mass is 464 g/mol. The molecule has 0 saturated heterocycles. The molecule has 5 rings (SSSR count). The molecule has 0 aliphatic carbocycles. The van der Waals surface area contributed by atoms with Crippen LogP contribution in [0.5, 0.6) is 0 Å². The van der Waals surface area contributed by atoms with Crippen LogP contribution in [0.15, 0.2) is 71.8 Å². The number of hydrogen-bond acceptors (Lipinski definition) is 6. The number of carbonyl (C=O) groups is 1. The second-order valence-corrected chi connectivity index (χ2v) is 7.39. The number of halogens is 3. The molecule has 1 N–H and O–H groups in total. The highest BCUT2D eigenvalue weighted by Gasteiger charge is 2.31. The lowest BCUT2D eigenvalue weighted by atomic mass is 10.0. The van der Waals surface area contributed by atoms with Crippen LogP contribution in [0.1, 0.15) is 21.6 Å². The van der Waals surface area contributed by atoms with Gasteiger partial charge in [0.25, 0.3) is 11.6 Å². The number of carbonyl (C=O) groups excluding carboxylic acids is 1. The zero-order chi connectivity index (χ0) is 23.9. The summed E-state index contributed by atoms with van der Waals surface area (Å²) in [5, 5.41) is 10.8. The van der Waals surface area contributed by atoms with Crippen molar-refractivity contribution in [3.63, 3.8) is 0 Å². The van der Waals surface area contributed by atoms with Gasteiger partial charge in [0.05, 0.1) is 39.3 Å². The first-order valence-corrected chi connectivity index (χ1v) is 10.0. The van der Waals surface area contributed by atoms with Crippen molar-refractivity contribution in [2.24, 2.45) is 0 Å². The van der Waals surface area contributed by atoms with Gasteiger partial charge in [-0.1, -0.05) is 35.5 Å². The van der Waals surface area contributed by atoms with E-state index in [4.69, 9.17) is 4.52 Å². The van der Waals surface area contributed by atoms with E-state index in [-0.39, 0.29) is 22.7 Å². The fourth-order valence-corrected chi connectivity index (χ4v) is 3.57. The minimum Gasteiger partial charge on any atom is -0.335 e. The van der Waals surface area contributed by atoms with Crippen LogP contribution in [0.2, 0.25) is 0 Å². The molecule has 11 heteroatoms. The first kappa shape index (κ1) is 21.3. The van der Waals surface area contributed by atoms with E-state index >= 15 is 0 Å². The Bertz CT molecular complexity index is 1490. The van der Waals surface area contributed by atoms with E-state index in [0.717, 1.165) is 17.7 Å². The number of pyridine rings is 1. The van der Waals surface area contributed by atoms with Crippen molar-refractivity contribution in [1.29, 1.82) is 0 Å². The molecule has 2 aromatic carbocycles. The minimum atomic E-state index is -4.60. The zero-order valence-corrected chi connectivity index (χ0v) is 17.5. The summed E-state index contributed by atoms with van der Waals surface area (Å²) in [7, 11) is 0. The number of nitrogens with one attached hydrogen (secondary N) is 1. The highest BCUT2D eigenvalue weighted by molar-refractivity contribution is 6.13. The summed E-state index contributed by atoms with van der Waals surface area (Å²) in [6.07, 6.45) is -2.04. The molecule has 3 aromatic heterocycles. The van der Waals surface area contributed by atoms with Crippen molar-refractivity contribution < 1.29 is 22.5 Å². The number of benzene rings is 2. The van der Waals surface area contributed by atoms with Crippen molar-refractivity contribution in [1.82, 2.24) is 24.9 Å². The van der Waals surface area contributed by atoms with E-state index in [0.29, 0.717) is 16.8 Å². The van der Waals surface area contributed by atoms with E-state index in [9.17, 15) is 18.0 Å². The zero-order valence-electron chi connectivity index (χ0n) is 17.5. The second kappa shape index (κ2) is 8.10. The number of hydrogen-bond donors (Lipinski definition) is 1. The molecule has 0 spiro atoms. The normalized spacial score (nSPS) is 11.6. The molecular weight excluding hydrogens is 449 g/mol. The van der Waals surface area contributed by atoms with Gasteiger partial charge < -0.3 is 9.84 Å². The third-order valence-corrected chi connectivity index (χ3v) is 5.17. The van der Waals surface area contributed by atoms with E-state index in [1.54, 1.807) is 13.0 Å². The van der Waals surface area contributed by atoms with Crippen LogP contribution in [0.25, 0.3) is 28.0 Å². The Balaban J connectivity index is 1.62.